The van der Waals surface area contributed by atoms with Crippen molar-refractivity contribution in [3.8, 4) is 0 Å². The minimum absolute atomic E-state index is 0.0855. The molecule has 1 rings (SSSR count). The van der Waals surface area contributed by atoms with Gasteiger partial charge in [0, 0.05) is 11.9 Å². The normalized spacial score (nSPS) is 12.2. The summed E-state index contributed by atoms with van der Waals surface area (Å²) in [5.74, 6) is -1.68. The SMILES string of the molecule is CC(C)[C@H](Nc1ccnc(C(N)=O)c1)C(=O)O. The van der Waals surface area contributed by atoms with Gasteiger partial charge in [-0.2, -0.15) is 0 Å². The second kappa shape index (κ2) is 5.29. The molecule has 92 valence electrons. The van der Waals surface area contributed by atoms with Crippen LogP contribution in [0.1, 0.15) is 24.3 Å². The van der Waals surface area contributed by atoms with E-state index in [0.717, 1.165) is 0 Å². The maximum Gasteiger partial charge on any atom is 0.326 e. The first-order valence-electron chi connectivity index (χ1n) is 5.17. The van der Waals surface area contributed by atoms with Crippen LogP contribution in [0.25, 0.3) is 0 Å². The summed E-state index contributed by atoms with van der Waals surface area (Å²) in [6.07, 6.45) is 1.40. The van der Waals surface area contributed by atoms with E-state index in [9.17, 15) is 9.59 Å². The number of nitrogens with two attached hydrogens (primary N) is 1. The molecule has 1 atom stereocenters. The summed E-state index contributed by atoms with van der Waals surface area (Å²) in [7, 11) is 0. The first-order valence-corrected chi connectivity index (χ1v) is 5.17. The van der Waals surface area contributed by atoms with Crippen LogP contribution >= 0.6 is 0 Å². The number of carbonyl (C=O) groups excluding carboxylic acids is 1. The van der Waals surface area contributed by atoms with Crippen molar-refractivity contribution >= 4 is 17.6 Å². The van der Waals surface area contributed by atoms with Crippen LogP contribution in [0, 0.1) is 5.92 Å². The number of carboxylic acid groups (broad SMARTS) is 1. The summed E-state index contributed by atoms with van der Waals surface area (Å²) in [5, 5.41) is 11.8. The Bertz CT molecular complexity index is 432. The summed E-state index contributed by atoms with van der Waals surface area (Å²) in [6, 6.07) is 2.30. The Morgan fingerprint density at radius 3 is 2.59 bits per heavy atom. The molecule has 0 fully saturated rings. The molecule has 0 spiro atoms. The van der Waals surface area contributed by atoms with Gasteiger partial charge in [0.25, 0.3) is 5.91 Å². The molecular weight excluding hydrogens is 222 g/mol. The van der Waals surface area contributed by atoms with Crippen LogP contribution in [0.5, 0.6) is 0 Å². The lowest BCUT2D eigenvalue weighted by molar-refractivity contribution is -0.138. The van der Waals surface area contributed by atoms with Gasteiger partial charge in [-0.15, -0.1) is 0 Å². The highest BCUT2D eigenvalue weighted by atomic mass is 16.4. The van der Waals surface area contributed by atoms with Crippen LogP contribution in [0.2, 0.25) is 0 Å². The van der Waals surface area contributed by atoms with Crippen LogP contribution in [0.3, 0.4) is 0 Å². The summed E-state index contributed by atoms with van der Waals surface area (Å²) in [5.41, 5.74) is 5.70. The highest BCUT2D eigenvalue weighted by molar-refractivity contribution is 5.91. The van der Waals surface area contributed by atoms with Crippen molar-refractivity contribution in [2.75, 3.05) is 5.32 Å². The Morgan fingerprint density at radius 2 is 2.12 bits per heavy atom. The number of nitrogens with zero attached hydrogens (tertiary/aromatic N) is 1. The van der Waals surface area contributed by atoms with Gasteiger partial charge in [-0.25, -0.2) is 4.79 Å². The molecule has 0 aromatic carbocycles. The number of rotatable bonds is 5. The Balaban J connectivity index is 2.90. The number of hydrogen-bond donors (Lipinski definition) is 3. The molecule has 0 unspecified atom stereocenters. The van der Waals surface area contributed by atoms with Crippen molar-refractivity contribution in [2.24, 2.45) is 11.7 Å². The summed E-state index contributed by atoms with van der Waals surface area (Å²) >= 11 is 0. The topological polar surface area (TPSA) is 105 Å². The molecule has 1 aromatic rings. The highest BCUT2D eigenvalue weighted by Gasteiger charge is 2.21. The smallest absolute Gasteiger partial charge is 0.326 e. The molecule has 0 radical (unpaired) electrons. The van der Waals surface area contributed by atoms with E-state index < -0.39 is 17.9 Å². The fourth-order valence-corrected chi connectivity index (χ4v) is 1.35. The zero-order valence-corrected chi connectivity index (χ0v) is 9.68. The number of aliphatic carboxylic acids is 1. The first-order chi connectivity index (χ1) is 7.91. The van der Waals surface area contributed by atoms with Crippen LogP contribution in [0.15, 0.2) is 18.3 Å². The van der Waals surface area contributed by atoms with Crippen molar-refractivity contribution < 1.29 is 14.7 Å². The standard InChI is InChI=1S/C11H15N3O3/c1-6(2)9(11(16)17)14-7-3-4-13-8(5-7)10(12)15/h3-6,9H,1-2H3,(H2,12,15)(H,13,14)(H,16,17)/t9-/m0/s1. The first kappa shape index (κ1) is 13.0. The van der Waals surface area contributed by atoms with Gasteiger partial charge in [0.15, 0.2) is 0 Å². The Labute approximate surface area is 98.8 Å². The number of aromatic nitrogens is 1. The predicted octanol–water partition coefficient (Wildman–Crippen LogP) is 0.702. The summed E-state index contributed by atoms with van der Waals surface area (Å²) in [6.45, 7) is 3.59. The number of carboxylic acids is 1. The van der Waals surface area contributed by atoms with Crippen molar-refractivity contribution in [2.45, 2.75) is 19.9 Å². The van der Waals surface area contributed by atoms with Gasteiger partial charge in [0.1, 0.15) is 11.7 Å². The number of hydrogen-bond acceptors (Lipinski definition) is 4. The molecule has 0 aliphatic heterocycles. The number of anilines is 1. The van der Waals surface area contributed by atoms with Gasteiger partial charge in [-0.1, -0.05) is 13.8 Å². The van der Waals surface area contributed by atoms with Crippen molar-refractivity contribution in [3.05, 3.63) is 24.0 Å². The van der Waals surface area contributed by atoms with Crippen molar-refractivity contribution in [1.82, 2.24) is 4.98 Å². The fourth-order valence-electron chi connectivity index (χ4n) is 1.35. The van der Waals surface area contributed by atoms with E-state index in [1.165, 1.54) is 12.3 Å². The van der Waals surface area contributed by atoms with E-state index in [1.807, 2.05) is 0 Å². The van der Waals surface area contributed by atoms with Crippen LogP contribution < -0.4 is 11.1 Å². The minimum atomic E-state index is -0.947. The number of nitrogens with one attached hydrogen (secondary N) is 1. The molecule has 0 aliphatic rings. The lowest BCUT2D eigenvalue weighted by Crippen LogP contribution is -2.34. The summed E-state index contributed by atoms with van der Waals surface area (Å²) < 4.78 is 0. The molecule has 0 bridgehead atoms. The number of primary amides is 1. The third-order valence-corrected chi connectivity index (χ3v) is 2.27. The Hall–Kier alpha value is -2.11. The van der Waals surface area contributed by atoms with Gasteiger partial charge in [-0.05, 0) is 18.1 Å². The van der Waals surface area contributed by atoms with Gasteiger partial charge in [0.05, 0.1) is 0 Å². The molecule has 0 aliphatic carbocycles. The molecule has 4 N–H and O–H groups in total. The maximum absolute atomic E-state index is 11.0. The molecule has 1 amide bonds. The van der Waals surface area contributed by atoms with E-state index in [-0.39, 0.29) is 11.6 Å². The molecule has 6 nitrogen and oxygen atoms in total. The van der Waals surface area contributed by atoms with Gasteiger partial charge < -0.3 is 16.2 Å². The lowest BCUT2D eigenvalue weighted by Gasteiger charge is -2.19. The summed E-state index contributed by atoms with van der Waals surface area (Å²) in [4.78, 5) is 25.7. The molecule has 1 aromatic heterocycles. The quantitative estimate of drug-likeness (QED) is 0.699. The van der Waals surface area contributed by atoms with E-state index in [0.29, 0.717) is 5.69 Å². The van der Waals surface area contributed by atoms with Crippen molar-refractivity contribution in [1.29, 1.82) is 0 Å². The van der Waals surface area contributed by atoms with E-state index >= 15 is 0 Å². The minimum Gasteiger partial charge on any atom is -0.480 e. The molecule has 6 heteroatoms. The van der Waals surface area contributed by atoms with E-state index in [1.54, 1.807) is 19.9 Å². The lowest BCUT2D eigenvalue weighted by atomic mass is 10.0. The monoisotopic (exact) mass is 237 g/mol. The molecule has 17 heavy (non-hydrogen) atoms. The van der Waals surface area contributed by atoms with E-state index in [4.69, 9.17) is 10.8 Å². The zero-order chi connectivity index (χ0) is 13.0. The molecule has 0 saturated heterocycles. The average Bonchev–Trinajstić information content (AvgIpc) is 2.25. The van der Waals surface area contributed by atoms with Gasteiger partial charge >= 0.3 is 5.97 Å². The second-order valence-corrected chi connectivity index (χ2v) is 4.00. The number of pyridine rings is 1. The third kappa shape index (κ3) is 3.44. The zero-order valence-electron chi connectivity index (χ0n) is 9.68. The highest BCUT2D eigenvalue weighted by Crippen LogP contribution is 2.13. The fraction of sp³-hybridized carbons (Fsp3) is 0.364. The van der Waals surface area contributed by atoms with Gasteiger partial charge in [0.2, 0.25) is 0 Å². The Kier molecular flexibility index (Phi) is 4.03. The largest absolute Gasteiger partial charge is 0.480 e. The predicted molar refractivity (Wildman–Crippen MR) is 62.6 cm³/mol. The average molecular weight is 237 g/mol. The van der Waals surface area contributed by atoms with Crippen LogP contribution in [-0.4, -0.2) is 28.0 Å². The molecular formula is C11H15N3O3. The second-order valence-electron chi connectivity index (χ2n) is 4.00. The van der Waals surface area contributed by atoms with Crippen LogP contribution in [0.4, 0.5) is 5.69 Å². The number of carbonyl (C=O) groups is 2. The molecule has 1 heterocycles. The third-order valence-electron chi connectivity index (χ3n) is 2.27. The molecule has 0 saturated carbocycles. The Morgan fingerprint density at radius 1 is 1.47 bits per heavy atom. The van der Waals surface area contributed by atoms with Gasteiger partial charge in [-0.3, -0.25) is 9.78 Å². The van der Waals surface area contributed by atoms with Crippen LogP contribution in [-0.2, 0) is 4.79 Å². The number of amides is 1. The van der Waals surface area contributed by atoms with E-state index in [2.05, 4.69) is 10.3 Å². The van der Waals surface area contributed by atoms with Crippen molar-refractivity contribution in [3.63, 3.8) is 0 Å². The maximum atomic E-state index is 11.0.